The Kier molecular flexibility index (Phi) is 8.61. The Morgan fingerprint density at radius 1 is 0.907 bits per heavy atom. The van der Waals surface area contributed by atoms with E-state index < -0.39 is 30.0 Å². The summed E-state index contributed by atoms with van der Waals surface area (Å²) in [6.07, 6.45) is 0. The summed E-state index contributed by atoms with van der Waals surface area (Å²) in [7, 11) is 0. The van der Waals surface area contributed by atoms with Crippen molar-refractivity contribution in [2.45, 2.75) is 24.9 Å². The van der Waals surface area contributed by atoms with Gasteiger partial charge in [-0.2, -0.15) is 0 Å². The molecule has 4 aromatic rings. The molecule has 0 aliphatic carbocycles. The third kappa shape index (κ3) is 5.95. The molecule has 0 bridgehead atoms. The number of carbonyl (C=O) groups excluding carboxylic acids is 3. The lowest BCUT2D eigenvalue weighted by Crippen LogP contribution is -2.55. The van der Waals surface area contributed by atoms with E-state index in [2.05, 4.69) is 10.6 Å². The van der Waals surface area contributed by atoms with Crippen LogP contribution in [0.3, 0.4) is 0 Å². The molecule has 2 aliphatic heterocycles. The first-order valence-corrected chi connectivity index (χ1v) is 15.7. The number of carbonyl (C=O) groups is 3. The second-order valence-electron chi connectivity index (χ2n) is 11.0. The lowest BCUT2D eigenvalue weighted by Gasteiger charge is -2.36. The van der Waals surface area contributed by atoms with Crippen LogP contribution in [0.5, 0.6) is 0 Å². The average Bonchev–Trinajstić information content (AvgIpc) is 3.68. The Morgan fingerprint density at radius 3 is 2.37 bits per heavy atom. The van der Waals surface area contributed by atoms with Gasteiger partial charge in [-0.15, -0.1) is 11.3 Å². The summed E-state index contributed by atoms with van der Waals surface area (Å²) in [5.74, 6) is -1.61. The molecule has 0 radical (unpaired) electrons. The summed E-state index contributed by atoms with van der Waals surface area (Å²) in [4.78, 5) is 48.1. The van der Waals surface area contributed by atoms with E-state index in [9.17, 15) is 14.4 Å². The highest BCUT2D eigenvalue weighted by molar-refractivity contribution is 7.10. The van der Waals surface area contributed by atoms with Crippen LogP contribution < -0.4 is 10.6 Å². The smallest absolute Gasteiger partial charge is 0.323 e. The summed E-state index contributed by atoms with van der Waals surface area (Å²) < 4.78 is 0. The van der Waals surface area contributed by atoms with E-state index in [1.165, 1.54) is 11.3 Å². The first kappa shape index (κ1) is 29.1. The number of hydrogen-bond acceptors (Lipinski definition) is 5. The number of ketones is 1. The molecule has 2 saturated heterocycles. The second kappa shape index (κ2) is 12.7. The molecule has 220 valence electrons. The van der Waals surface area contributed by atoms with Crippen LogP contribution >= 0.6 is 22.9 Å². The van der Waals surface area contributed by atoms with Crippen molar-refractivity contribution in [3.05, 3.63) is 123 Å². The molecular formula is C34H33ClN4O3S. The maximum atomic E-state index is 14.7. The Hall–Kier alpha value is -3.98. The Balaban J connectivity index is 1.54. The standard InChI is InChI=1S/C34H33ClN4O3S/c1-22-8-5-13-26(20-22)37-34(42)39-30(23-9-3-2-4-10-23)29(32(40)24-11-6-12-25(35)21-24)28(27-14-7-19-43-27)31(39)33(41)38-17-15-36-16-18-38/h2-14,19-21,28-31,36H,15-18H2,1H3,(H,37,42). The maximum absolute atomic E-state index is 14.7. The van der Waals surface area contributed by atoms with Crippen molar-refractivity contribution in [2.24, 2.45) is 5.92 Å². The number of thiophene rings is 1. The number of likely N-dealkylation sites (tertiary alicyclic amines) is 1. The molecule has 0 saturated carbocycles. The van der Waals surface area contributed by atoms with Crippen LogP contribution in [0.15, 0.2) is 96.4 Å². The number of rotatable bonds is 6. The number of benzene rings is 3. The predicted molar refractivity (Wildman–Crippen MR) is 171 cm³/mol. The summed E-state index contributed by atoms with van der Waals surface area (Å²) in [6, 6.07) is 25.9. The van der Waals surface area contributed by atoms with Gasteiger partial charge < -0.3 is 20.4 Å². The highest BCUT2D eigenvalue weighted by Crippen LogP contribution is 2.52. The van der Waals surface area contributed by atoms with Crippen LogP contribution in [-0.4, -0.2) is 59.7 Å². The predicted octanol–water partition coefficient (Wildman–Crippen LogP) is 6.38. The number of aryl methyl sites for hydroxylation is 1. The van der Waals surface area contributed by atoms with Gasteiger partial charge in [0.2, 0.25) is 5.91 Å². The van der Waals surface area contributed by atoms with Gasteiger partial charge >= 0.3 is 6.03 Å². The van der Waals surface area contributed by atoms with Gasteiger partial charge in [0.05, 0.1) is 12.0 Å². The molecule has 9 heteroatoms. The highest BCUT2D eigenvalue weighted by Gasteiger charge is 2.58. The lowest BCUT2D eigenvalue weighted by molar-refractivity contribution is -0.136. The van der Waals surface area contributed by atoms with Crippen LogP contribution in [-0.2, 0) is 4.79 Å². The van der Waals surface area contributed by atoms with E-state index in [4.69, 9.17) is 11.6 Å². The van der Waals surface area contributed by atoms with Crippen LogP contribution in [0, 0.1) is 12.8 Å². The van der Waals surface area contributed by atoms with Crippen molar-refractivity contribution >= 4 is 46.3 Å². The van der Waals surface area contributed by atoms with Gasteiger partial charge in [0.15, 0.2) is 5.78 Å². The summed E-state index contributed by atoms with van der Waals surface area (Å²) >= 11 is 7.86. The van der Waals surface area contributed by atoms with Gasteiger partial charge in [0, 0.05) is 53.2 Å². The van der Waals surface area contributed by atoms with Gasteiger partial charge in [0.25, 0.3) is 0 Å². The Bertz CT molecular complexity index is 1610. The third-order valence-electron chi connectivity index (χ3n) is 8.28. The van der Waals surface area contributed by atoms with Crippen LogP contribution in [0.2, 0.25) is 5.02 Å². The quantitative estimate of drug-likeness (QED) is 0.248. The van der Waals surface area contributed by atoms with Crippen molar-refractivity contribution in [1.82, 2.24) is 15.1 Å². The molecule has 3 aromatic carbocycles. The van der Waals surface area contributed by atoms with Crippen molar-refractivity contribution in [1.29, 1.82) is 0 Å². The van der Waals surface area contributed by atoms with Crippen LogP contribution in [0.1, 0.15) is 38.3 Å². The van der Waals surface area contributed by atoms with Gasteiger partial charge in [-0.1, -0.05) is 72.3 Å². The molecule has 43 heavy (non-hydrogen) atoms. The van der Waals surface area contributed by atoms with Crippen molar-refractivity contribution in [3.63, 3.8) is 0 Å². The van der Waals surface area contributed by atoms with Gasteiger partial charge in [0.1, 0.15) is 6.04 Å². The summed E-state index contributed by atoms with van der Waals surface area (Å²) in [6.45, 7) is 4.36. The van der Waals surface area contributed by atoms with Crippen molar-refractivity contribution in [3.8, 4) is 0 Å². The van der Waals surface area contributed by atoms with Crippen LogP contribution in [0.25, 0.3) is 0 Å². The molecule has 1 aromatic heterocycles. The molecule has 2 aliphatic rings. The number of nitrogens with one attached hydrogen (secondary N) is 2. The molecule has 3 amide bonds. The van der Waals surface area contributed by atoms with E-state index >= 15 is 0 Å². The molecule has 6 rings (SSSR count). The first-order valence-electron chi connectivity index (χ1n) is 14.5. The van der Waals surface area contributed by atoms with Gasteiger partial charge in [-0.3, -0.25) is 9.59 Å². The number of Topliss-reactive ketones (excluding diaryl/α,β-unsaturated/α-hetero) is 1. The first-order chi connectivity index (χ1) is 20.9. The molecule has 3 heterocycles. The Labute approximate surface area is 260 Å². The zero-order valence-electron chi connectivity index (χ0n) is 23.8. The molecule has 0 spiro atoms. The molecule has 2 fully saturated rings. The summed E-state index contributed by atoms with van der Waals surface area (Å²) in [5, 5.41) is 8.78. The second-order valence-corrected chi connectivity index (χ2v) is 12.4. The molecule has 2 N–H and O–H groups in total. The number of amides is 3. The lowest BCUT2D eigenvalue weighted by atomic mass is 9.78. The van der Waals surface area contributed by atoms with E-state index in [0.29, 0.717) is 42.5 Å². The minimum Gasteiger partial charge on any atom is -0.338 e. The van der Waals surface area contributed by atoms with Gasteiger partial charge in [-0.05, 0) is 53.8 Å². The average molecular weight is 613 g/mol. The SMILES string of the molecule is Cc1cccc(NC(=O)N2C(C(=O)N3CCNCC3)C(c3cccs3)C(C(=O)c3cccc(Cl)c3)C2c2ccccc2)c1. The van der Waals surface area contributed by atoms with E-state index in [-0.39, 0.29) is 11.7 Å². The number of anilines is 1. The van der Waals surface area contributed by atoms with E-state index in [0.717, 1.165) is 16.0 Å². The fourth-order valence-electron chi connectivity index (χ4n) is 6.39. The number of nitrogens with zero attached hydrogens (tertiary/aromatic N) is 2. The highest BCUT2D eigenvalue weighted by atomic mass is 35.5. The van der Waals surface area contributed by atoms with E-state index in [1.54, 1.807) is 29.2 Å². The number of hydrogen-bond donors (Lipinski definition) is 2. The van der Waals surface area contributed by atoms with E-state index in [1.807, 2.05) is 83.9 Å². The minimum atomic E-state index is -0.903. The summed E-state index contributed by atoms with van der Waals surface area (Å²) in [5.41, 5.74) is 2.87. The molecule has 7 nitrogen and oxygen atoms in total. The number of halogens is 1. The van der Waals surface area contributed by atoms with Crippen molar-refractivity contribution < 1.29 is 14.4 Å². The zero-order valence-corrected chi connectivity index (χ0v) is 25.4. The monoisotopic (exact) mass is 612 g/mol. The van der Waals surface area contributed by atoms with Gasteiger partial charge in [-0.25, -0.2) is 4.79 Å². The molecular weight excluding hydrogens is 580 g/mol. The Morgan fingerprint density at radius 2 is 1.67 bits per heavy atom. The van der Waals surface area contributed by atoms with Crippen molar-refractivity contribution in [2.75, 3.05) is 31.5 Å². The zero-order chi connectivity index (χ0) is 29.9. The third-order valence-corrected chi connectivity index (χ3v) is 9.49. The fraction of sp³-hybridized carbons (Fsp3) is 0.265. The number of urea groups is 1. The number of piperazine rings is 1. The normalized spacial score (nSPS) is 21.9. The van der Waals surface area contributed by atoms with Crippen LogP contribution in [0.4, 0.5) is 10.5 Å². The molecule has 4 unspecified atom stereocenters. The molecule has 4 atom stereocenters. The maximum Gasteiger partial charge on any atom is 0.323 e. The minimum absolute atomic E-state index is 0.151. The fourth-order valence-corrected chi connectivity index (χ4v) is 7.49. The topological polar surface area (TPSA) is 81.8 Å². The largest absolute Gasteiger partial charge is 0.338 e.